The van der Waals surface area contributed by atoms with Crippen LogP contribution in [0.5, 0.6) is 5.75 Å². The summed E-state index contributed by atoms with van der Waals surface area (Å²) in [6, 6.07) is 23.4. The van der Waals surface area contributed by atoms with Gasteiger partial charge in [0.05, 0.1) is 22.9 Å². The molecular formula is C36H37N3O8S. The molecule has 0 saturated heterocycles. The Hall–Kier alpha value is -5.07. The van der Waals surface area contributed by atoms with E-state index in [1.807, 2.05) is 24.3 Å². The highest BCUT2D eigenvalue weighted by Crippen LogP contribution is 2.33. The smallest absolute Gasteiger partial charge is 0.339 e. The molecule has 1 aliphatic rings. The van der Waals surface area contributed by atoms with Gasteiger partial charge in [-0.2, -0.15) is 4.31 Å². The van der Waals surface area contributed by atoms with Crippen LogP contribution < -0.4 is 4.90 Å². The van der Waals surface area contributed by atoms with Gasteiger partial charge in [-0.3, -0.25) is 14.9 Å². The zero-order valence-electron chi connectivity index (χ0n) is 26.5. The largest absolute Gasteiger partial charge is 0.507 e. The molecule has 1 fully saturated rings. The van der Waals surface area contributed by atoms with Crippen LogP contribution in [0.2, 0.25) is 0 Å². The van der Waals surface area contributed by atoms with Crippen molar-refractivity contribution in [3.63, 3.8) is 0 Å². The Bertz CT molecular complexity index is 1900. The van der Waals surface area contributed by atoms with Crippen LogP contribution in [-0.2, 0) is 27.9 Å². The molecular weight excluding hydrogens is 634 g/mol. The fraction of sp³-hybridized carbons (Fsp3) is 0.278. The third-order valence-electron chi connectivity index (χ3n) is 8.73. The fourth-order valence-electron chi connectivity index (χ4n) is 6.04. The number of nitro groups is 1. The number of aromatic carboxylic acids is 1. The summed E-state index contributed by atoms with van der Waals surface area (Å²) in [5, 5.41) is 31.8. The maximum absolute atomic E-state index is 14.2. The van der Waals surface area contributed by atoms with Crippen molar-refractivity contribution in [2.45, 2.75) is 62.9 Å². The number of carboxylic acids is 1. The van der Waals surface area contributed by atoms with Crippen LogP contribution in [0.4, 0.5) is 11.4 Å². The van der Waals surface area contributed by atoms with E-state index in [4.69, 9.17) is 0 Å². The molecule has 1 saturated carbocycles. The van der Waals surface area contributed by atoms with Gasteiger partial charge in [-0.15, -0.1) is 0 Å². The van der Waals surface area contributed by atoms with Crippen molar-refractivity contribution in [1.29, 1.82) is 0 Å². The van der Waals surface area contributed by atoms with Gasteiger partial charge in [0.15, 0.2) is 0 Å². The first-order valence-electron chi connectivity index (χ1n) is 15.7. The molecule has 0 aliphatic heterocycles. The topological polar surface area (TPSA) is 158 Å². The molecule has 5 rings (SSSR count). The standard InChI is InChI=1S/C36H37N3O8S/c1-25-11-18-31(19-12-25)48(46,47)37(23-29-9-5-6-10-33(29)39(44)45)24-35(41)38(30-17-20-32(36(42)43)34(40)21-30)22-26-13-15-28(16-14-26)27-7-3-2-4-8-27/h5-6,9-21,27,40H,2-4,7-8,22-24H2,1H3,(H,42,43). The van der Waals surface area contributed by atoms with Crippen LogP contribution in [-0.4, -0.2) is 46.3 Å². The molecule has 0 spiro atoms. The Labute approximate surface area is 279 Å². The Balaban J connectivity index is 1.52. The number of phenols is 1. The number of anilines is 1. The van der Waals surface area contributed by atoms with Crippen molar-refractivity contribution < 1.29 is 33.1 Å². The first kappa shape index (κ1) is 34.3. The maximum Gasteiger partial charge on any atom is 0.339 e. The maximum atomic E-state index is 14.2. The molecule has 1 amide bonds. The van der Waals surface area contributed by atoms with E-state index < -0.39 is 45.7 Å². The van der Waals surface area contributed by atoms with Crippen molar-refractivity contribution >= 4 is 33.3 Å². The molecule has 0 unspecified atom stereocenters. The van der Waals surface area contributed by atoms with Crippen molar-refractivity contribution in [3.05, 3.63) is 129 Å². The van der Waals surface area contributed by atoms with E-state index in [1.54, 1.807) is 25.1 Å². The molecule has 2 N–H and O–H groups in total. The quantitative estimate of drug-likeness (QED) is 0.123. The third kappa shape index (κ3) is 7.89. The van der Waals surface area contributed by atoms with Crippen molar-refractivity contribution in [3.8, 4) is 5.75 Å². The van der Waals surface area contributed by atoms with Crippen LogP contribution in [0.3, 0.4) is 0 Å². The number of hydrogen-bond acceptors (Lipinski definition) is 7. The zero-order valence-corrected chi connectivity index (χ0v) is 27.3. The number of amides is 1. The number of aromatic hydroxyl groups is 1. The second-order valence-corrected chi connectivity index (χ2v) is 14.0. The number of hydrogen-bond donors (Lipinski definition) is 2. The van der Waals surface area contributed by atoms with E-state index in [0.29, 0.717) is 5.92 Å². The number of nitro benzene ring substituents is 1. The summed E-state index contributed by atoms with van der Waals surface area (Å²) < 4.78 is 28.9. The lowest BCUT2D eigenvalue weighted by atomic mass is 9.84. The predicted molar refractivity (Wildman–Crippen MR) is 180 cm³/mol. The molecule has 1 aliphatic carbocycles. The number of carbonyl (C=O) groups excluding carboxylic acids is 1. The molecule has 0 aromatic heterocycles. The van der Waals surface area contributed by atoms with E-state index in [1.165, 1.54) is 72.2 Å². The average molecular weight is 672 g/mol. The van der Waals surface area contributed by atoms with Crippen molar-refractivity contribution in [1.82, 2.24) is 4.31 Å². The van der Waals surface area contributed by atoms with E-state index in [0.717, 1.165) is 34.3 Å². The lowest BCUT2D eigenvalue weighted by molar-refractivity contribution is -0.385. The second-order valence-electron chi connectivity index (χ2n) is 12.0. The highest BCUT2D eigenvalue weighted by atomic mass is 32.2. The summed E-state index contributed by atoms with van der Waals surface area (Å²) in [4.78, 5) is 38.2. The van der Waals surface area contributed by atoms with Gasteiger partial charge in [-0.05, 0) is 61.1 Å². The van der Waals surface area contributed by atoms with E-state index in [2.05, 4.69) is 0 Å². The van der Waals surface area contributed by atoms with Crippen LogP contribution in [0.1, 0.15) is 70.6 Å². The van der Waals surface area contributed by atoms with Crippen LogP contribution >= 0.6 is 0 Å². The Morgan fingerprint density at radius 2 is 1.56 bits per heavy atom. The Morgan fingerprint density at radius 1 is 0.896 bits per heavy atom. The molecule has 4 aromatic carbocycles. The number of carbonyl (C=O) groups is 2. The molecule has 0 atom stereocenters. The van der Waals surface area contributed by atoms with Gasteiger partial charge < -0.3 is 15.1 Å². The highest BCUT2D eigenvalue weighted by Gasteiger charge is 2.31. The summed E-state index contributed by atoms with van der Waals surface area (Å²) in [5.74, 6) is -2.14. The molecule has 0 radical (unpaired) electrons. The van der Waals surface area contributed by atoms with Crippen molar-refractivity contribution in [2.75, 3.05) is 11.4 Å². The van der Waals surface area contributed by atoms with Crippen LogP contribution in [0.25, 0.3) is 0 Å². The van der Waals surface area contributed by atoms with Gasteiger partial charge in [0.1, 0.15) is 11.3 Å². The van der Waals surface area contributed by atoms with Gasteiger partial charge in [-0.1, -0.05) is 79.4 Å². The minimum atomic E-state index is -4.35. The minimum absolute atomic E-state index is 0.0143. The number of carboxylic acid groups (broad SMARTS) is 1. The number of nitrogens with zero attached hydrogens (tertiary/aromatic N) is 3. The fourth-order valence-corrected chi connectivity index (χ4v) is 7.41. The number of rotatable bonds is 12. The SMILES string of the molecule is Cc1ccc(S(=O)(=O)N(CC(=O)N(Cc2ccc(C3CCCCC3)cc2)c2ccc(C(=O)O)c(O)c2)Cc2ccccc2[N+](=O)[O-])cc1. The molecule has 4 aromatic rings. The Kier molecular flexibility index (Phi) is 10.6. The summed E-state index contributed by atoms with van der Waals surface area (Å²) in [7, 11) is -4.35. The molecule has 12 heteroatoms. The lowest BCUT2D eigenvalue weighted by Gasteiger charge is -2.28. The second kappa shape index (κ2) is 14.8. The molecule has 48 heavy (non-hydrogen) atoms. The van der Waals surface area contributed by atoms with Crippen LogP contribution in [0.15, 0.2) is 95.9 Å². The van der Waals surface area contributed by atoms with Gasteiger partial charge in [0.2, 0.25) is 15.9 Å². The summed E-state index contributed by atoms with van der Waals surface area (Å²) in [5.41, 5.74) is 2.36. The highest BCUT2D eigenvalue weighted by molar-refractivity contribution is 7.89. The Morgan fingerprint density at radius 3 is 2.19 bits per heavy atom. The minimum Gasteiger partial charge on any atom is -0.507 e. The zero-order chi connectivity index (χ0) is 34.4. The van der Waals surface area contributed by atoms with E-state index in [-0.39, 0.29) is 33.9 Å². The summed E-state index contributed by atoms with van der Waals surface area (Å²) in [6.07, 6.45) is 5.82. The summed E-state index contributed by atoms with van der Waals surface area (Å²) >= 11 is 0. The molecule has 0 bridgehead atoms. The van der Waals surface area contributed by atoms with E-state index >= 15 is 0 Å². The number of benzene rings is 4. The van der Waals surface area contributed by atoms with Gasteiger partial charge in [0.25, 0.3) is 5.69 Å². The molecule has 11 nitrogen and oxygen atoms in total. The van der Waals surface area contributed by atoms with Gasteiger partial charge in [0, 0.05) is 29.9 Å². The number of aryl methyl sites for hydroxylation is 1. The van der Waals surface area contributed by atoms with Gasteiger partial charge in [-0.25, -0.2) is 13.2 Å². The van der Waals surface area contributed by atoms with E-state index in [9.17, 15) is 38.3 Å². The first-order valence-corrected chi connectivity index (χ1v) is 17.1. The average Bonchev–Trinajstić information content (AvgIpc) is 3.07. The first-order chi connectivity index (χ1) is 22.9. The summed E-state index contributed by atoms with van der Waals surface area (Å²) in [6.45, 7) is 0.616. The third-order valence-corrected chi connectivity index (χ3v) is 10.5. The normalized spacial score (nSPS) is 13.7. The van der Waals surface area contributed by atoms with Crippen LogP contribution in [0, 0.1) is 17.0 Å². The van der Waals surface area contributed by atoms with Gasteiger partial charge >= 0.3 is 5.97 Å². The molecule has 0 heterocycles. The number of para-hydroxylation sites is 1. The monoisotopic (exact) mass is 671 g/mol. The molecule has 250 valence electrons. The van der Waals surface area contributed by atoms with Crippen molar-refractivity contribution in [2.24, 2.45) is 0 Å². The number of sulfonamides is 1. The lowest BCUT2D eigenvalue weighted by Crippen LogP contribution is -2.42. The predicted octanol–water partition coefficient (Wildman–Crippen LogP) is 6.78.